The molecule has 0 bridgehead atoms. The molecule has 0 saturated heterocycles. The molecule has 1 N–H and O–H groups in total. The van der Waals surface area contributed by atoms with Crippen molar-refractivity contribution in [2.24, 2.45) is 5.92 Å². The van der Waals surface area contributed by atoms with Crippen molar-refractivity contribution in [2.75, 3.05) is 21.2 Å². The van der Waals surface area contributed by atoms with Crippen LogP contribution in [0.2, 0.25) is 0 Å². The fraction of sp³-hybridized carbons (Fsp3) is 0.941. The molecule has 2 atom stereocenters. The van der Waals surface area contributed by atoms with E-state index in [2.05, 4.69) is 24.2 Å². The van der Waals surface area contributed by atoms with E-state index in [0.29, 0.717) is 12.1 Å². The van der Waals surface area contributed by atoms with Crippen LogP contribution in [0.1, 0.15) is 58.3 Å². The first-order valence-electron chi connectivity index (χ1n) is 8.51. The van der Waals surface area contributed by atoms with Crippen LogP contribution in [0.5, 0.6) is 0 Å². The maximum absolute atomic E-state index is 12.2. The number of hydrogen-bond donors (Lipinski definition) is 1. The highest BCUT2D eigenvalue weighted by Gasteiger charge is 2.44. The second-order valence-electron chi connectivity index (χ2n) is 7.15. The Morgan fingerprint density at radius 1 is 1.19 bits per heavy atom. The Labute approximate surface area is 129 Å². The lowest BCUT2D eigenvalue weighted by molar-refractivity contribution is -0.151. The van der Waals surface area contributed by atoms with Gasteiger partial charge in [0.15, 0.2) is 0 Å². The van der Waals surface area contributed by atoms with Gasteiger partial charge in [0.2, 0.25) is 0 Å². The monoisotopic (exact) mass is 296 g/mol. The van der Waals surface area contributed by atoms with Gasteiger partial charge in [0.25, 0.3) is 0 Å². The molecule has 4 nitrogen and oxygen atoms in total. The summed E-state index contributed by atoms with van der Waals surface area (Å²) in [6, 6.07) is 1.18. The van der Waals surface area contributed by atoms with Gasteiger partial charge in [-0.3, -0.25) is 4.79 Å². The van der Waals surface area contributed by atoms with Gasteiger partial charge in [-0.1, -0.05) is 6.92 Å². The highest BCUT2D eigenvalue weighted by Crippen LogP contribution is 2.35. The average molecular weight is 296 g/mol. The van der Waals surface area contributed by atoms with Crippen molar-refractivity contribution >= 4 is 5.97 Å². The van der Waals surface area contributed by atoms with Crippen LogP contribution in [-0.2, 0) is 9.53 Å². The number of rotatable bonds is 4. The lowest BCUT2D eigenvalue weighted by Gasteiger charge is -2.45. The predicted octanol–water partition coefficient (Wildman–Crippen LogP) is 2.57. The van der Waals surface area contributed by atoms with E-state index in [1.54, 1.807) is 0 Å². The molecule has 0 spiro atoms. The van der Waals surface area contributed by atoms with Gasteiger partial charge in [0, 0.05) is 12.1 Å². The number of carbonyl (C=O) groups is 1. The smallest absolute Gasteiger partial charge is 0.326 e. The van der Waals surface area contributed by atoms with Crippen LogP contribution in [0.4, 0.5) is 0 Å². The second kappa shape index (κ2) is 7.10. The van der Waals surface area contributed by atoms with Crippen LogP contribution in [0.15, 0.2) is 0 Å². The van der Waals surface area contributed by atoms with Gasteiger partial charge in [-0.25, -0.2) is 0 Å². The minimum atomic E-state index is -0.478. The third-order valence-electron chi connectivity index (χ3n) is 5.92. The lowest BCUT2D eigenvalue weighted by atomic mass is 9.77. The predicted molar refractivity (Wildman–Crippen MR) is 85.2 cm³/mol. The van der Waals surface area contributed by atoms with E-state index >= 15 is 0 Å². The average Bonchev–Trinajstić information content (AvgIpc) is 2.54. The topological polar surface area (TPSA) is 41.6 Å². The molecule has 21 heavy (non-hydrogen) atoms. The van der Waals surface area contributed by atoms with Gasteiger partial charge in [-0.15, -0.1) is 0 Å². The molecular formula is C17H32N2O2. The zero-order valence-electron chi connectivity index (χ0n) is 14.2. The molecule has 4 heteroatoms. The van der Waals surface area contributed by atoms with E-state index in [1.165, 1.54) is 39.2 Å². The van der Waals surface area contributed by atoms with Crippen molar-refractivity contribution in [3.8, 4) is 0 Å². The van der Waals surface area contributed by atoms with E-state index < -0.39 is 5.54 Å². The van der Waals surface area contributed by atoms with Crippen molar-refractivity contribution in [3.05, 3.63) is 0 Å². The summed E-state index contributed by atoms with van der Waals surface area (Å²) in [5, 5.41) is 3.26. The molecule has 122 valence electrons. The molecular weight excluding hydrogens is 264 g/mol. The largest absolute Gasteiger partial charge is 0.468 e. The lowest BCUT2D eigenvalue weighted by Crippen LogP contribution is -2.58. The Hall–Kier alpha value is -0.610. The fourth-order valence-corrected chi connectivity index (χ4v) is 4.25. The molecule has 2 unspecified atom stereocenters. The first-order chi connectivity index (χ1) is 10.0. The van der Waals surface area contributed by atoms with Gasteiger partial charge in [-0.2, -0.15) is 0 Å². The van der Waals surface area contributed by atoms with Gasteiger partial charge >= 0.3 is 5.97 Å². The van der Waals surface area contributed by atoms with Gasteiger partial charge in [0.05, 0.1) is 7.11 Å². The number of nitrogens with zero attached hydrogens (tertiary/aromatic N) is 1. The first kappa shape index (κ1) is 16.8. The van der Waals surface area contributed by atoms with E-state index in [1.807, 2.05) is 7.05 Å². The molecule has 0 amide bonds. The fourth-order valence-electron chi connectivity index (χ4n) is 4.25. The highest BCUT2D eigenvalue weighted by atomic mass is 16.5. The maximum Gasteiger partial charge on any atom is 0.326 e. The summed E-state index contributed by atoms with van der Waals surface area (Å²) >= 11 is 0. The number of nitrogens with one attached hydrogen (secondary N) is 1. The summed E-state index contributed by atoms with van der Waals surface area (Å²) in [7, 11) is 5.65. The number of esters is 1. The summed E-state index contributed by atoms with van der Waals surface area (Å²) < 4.78 is 5.05. The number of methoxy groups -OCH3 is 1. The summed E-state index contributed by atoms with van der Waals surface area (Å²) in [5.41, 5.74) is -0.478. The Bertz CT molecular complexity index is 353. The normalized spacial score (nSPS) is 37.5. The molecule has 2 fully saturated rings. The molecule has 2 saturated carbocycles. The minimum absolute atomic E-state index is 0.0969. The van der Waals surface area contributed by atoms with Crippen molar-refractivity contribution in [3.63, 3.8) is 0 Å². The SMILES string of the molecule is CNC1(C(=O)OC)CCCC(N(C)C2CCC(C)CC2)C1. The minimum Gasteiger partial charge on any atom is -0.468 e. The zero-order chi connectivity index (χ0) is 15.5. The number of hydrogen-bond acceptors (Lipinski definition) is 4. The summed E-state index contributed by atoms with van der Waals surface area (Å²) in [6.07, 6.45) is 9.35. The summed E-state index contributed by atoms with van der Waals surface area (Å²) in [5.74, 6) is 0.785. The molecule has 0 aromatic rings. The quantitative estimate of drug-likeness (QED) is 0.810. The Balaban J connectivity index is 2.01. The van der Waals surface area contributed by atoms with Crippen molar-refractivity contribution in [1.82, 2.24) is 10.2 Å². The van der Waals surface area contributed by atoms with E-state index in [-0.39, 0.29) is 5.97 Å². The summed E-state index contributed by atoms with van der Waals surface area (Å²) in [6.45, 7) is 2.36. The number of carbonyl (C=O) groups excluding carboxylic acids is 1. The molecule has 0 heterocycles. The van der Waals surface area contributed by atoms with Crippen molar-refractivity contribution < 1.29 is 9.53 Å². The maximum atomic E-state index is 12.2. The number of ether oxygens (including phenoxy) is 1. The van der Waals surface area contributed by atoms with E-state index in [9.17, 15) is 4.79 Å². The zero-order valence-corrected chi connectivity index (χ0v) is 14.2. The Morgan fingerprint density at radius 2 is 1.86 bits per heavy atom. The standard InChI is InChI=1S/C17H32N2O2/c1-13-7-9-14(10-8-13)19(3)15-6-5-11-17(12-15,18-2)16(20)21-4/h13-15,18H,5-12H2,1-4H3. The third-order valence-corrected chi connectivity index (χ3v) is 5.92. The van der Waals surface area contributed by atoms with Crippen LogP contribution in [0.3, 0.4) is 0 Å². The van der Waals surface area contributed by atoms with Crippen LogP contribution in [-0.4, -0.2) is 49.7 Å². The number of likely N-dealkylation sites (N-methyl/N-ethyl adjacent to an activating group) is 1. The van der Waals surface area contributed by atoms with Gasteiger partial charge < -0.3 is 15.0 Å². The molecule has 0 aromatic carbocycles. The van der Waals surface area contributed by atoms with Crippen molar-refractivity contribution in [1.29, 1.82) is 0 Å². The second-order valence-corrected chi connectivity index (χ2v) is 7.15. The van der Waals surface area contributed by atoms with Crippen LogP contribution in [0, 0.1) is 5.92 Å². The van der Waals surface area contributed by atoms with Gasteiger partial charge in [-0.05, 0) is 71.4 Å². The molecule has 2 rings (SSSR count). The molecule has 0 aromatic heterocycles. The van der Waals surface area contributed by atoms with E-state index in [0.717, 1.165) is 25.2 Å². The highest BCUT2D eigenvalue weighted by molar-refractivity contribution is 5.81. The van der Waals surface area contributed by atoms with Crippen molar-refractivity contribution in [2.45, 2.75) is 75.9 Å². The molecule has 2 aliphatic carbocycles. The van der Waals surface area contributed by atoms with E-state index in [4.69, 9.17) is 4.74 Å². The Kier molecular flexibility index (Phi) is 5.67. The van der Waals surface area contributed by atoms with Gasteiger partial charge in [0.1, 0.15) is 5.54 Å². The van der Waals surface area contributed by atoms with Crippen LogP contribution >= 0.6 is 0 Å². The summed E-state index contributed by atoms with van der Waals surface area (Å²) in [4.78, 5) is 14.8. The van der Waals surface area contributed by atoms with Crippen LogP contribution in [0.25, 0.3) is 0 Å². The molecule has 2 aliphatic rings. The Morgan fingerprint density at radius 3 is 2.43 bits per heavy atom. The first-order valence-corrected chi connectivity index (χ1v) is 8.51. The third kappa shape index (κ3) is 3.59. The van der Waals surface area contributed by atoms with Crippen LogP contribution < -0.4 is 5.32 Å². The molecule has 0 radical (unpaired) electrons. The molecule has 0 aliphatic heterocycles.